The van der Waals surface area contributed by atoms with E-state index in [2.05, 4.69) is 32.0 Å². The highest BCUT2D eigenvalue weighted by Crippen LogP contribution is 2.56. The number of hydrogen-bond acceptors (Lipinski definition) is 4. The van der Waals surface area contributed by atoms with Crippen LogP contribution in [0.5, 0.6) is 0 Å². The Bertz CT molecular complexity index is 783. The maximum absolute atomic E-state index is 11.6. The van der Waals surface area contributed by atoms with Gasteiger partial charge in [-0.25, -0.2) is 4.98 Å². The fraction of sp³-hybridized carbons (Fsp3) is 0.133. The molecule has 3 rings (SSSR count). The van der Waals surface area contributed by atoms with Crippen molar-refractivity contribution < 1.29 is 0 Å². The van der Waals surface area contributed by atoms with E-state index in [0.717, 1.165) is 10.5 Å². The fourth-order valence-corrected chi connectivity index (χ4v) is 4.47. The summed E-state index contributed by atoms with van der Waals surface area (Å²) >= 11 is 11.6. The predicted molar refractivity (Wildman–Crippen MR) is 90.5 cm³/mol. The Labute approximate surface area is 139 Å². The summed E-state index contributed by atoms with van der Waals surface area (Å²) in [6, 6.07) is 9.47. The van der Waals surface area contributed by atoms with Gasteiger partial charge in [0, 0.05) is 21.7 Å². The van der Waals surface area contributed by atoms with E-state index in [1.165, 1.54) is 6.20 Å². The molecule has 6 heteroatoms. The van der Waals surface area contributed by atoms with Gasteiger partial charge in [-0.2, -0.15) is 0 Å². The van der Waals surface area contributed by atoms with Gasteiger partial charge in [0.05, 0.1) is 11.9 Å². The Kier molecular flexibility index (Phi) is 4.15. The summed E-state index contributed by atoms with van der Waals surface area (Å²) in [7, 11) is 0. The summed E-state index contributed by atoms with van der Waals surface area (Å²) in [6.45, 7) is 0. The third-order valence-corrected chi connectivity index (χ3v) is 5.93. The van der Waals surface area contributed by atoms with Crippen LogP contribution in [0.4, 0.5) is 0 Å². The number of halogens is 2. The molecule has 1 aromatic carbocycles. The Morgan fingerprint density at radius 1 is 1.29 bits per heavy atom. The minimum Gasteiger partial charge on any atom is -0.266 e. The summed E-state index contributed by atoms with van der Waals surface area (Å²) < 4.78 is -0.457. The van der Waals surface area contributed by atoms with Crippen LogP contribution in [0.1, 0.15) is 17.7 Å². The average molecular weight is 382 g/mol. The van der Waals surface area contributed by atoms with E-state index >= 15 is 0 Å². The fourth-order valence-electron chi connectivity index (χ4n) is 2.08. The zero-order valence-corrected chi connectivity index (χ0v) is 14.0. The number of hydrogen-bond donors (Lipinski definition) is 0. The summed E-state index contributed by atoms with van der Waals surface area (Å²) in [6.07, 6.45) is 5.62. The van der Waals surface area contributed by atoms with E-state index in [1.54, 1.807) is 24.0 Å². The van der Waals surface area contributed by atoms with E-state index in [1.807, 2.05) is 24.3 Å². The second kappa shape index (κ2) is 5.91. The van der Waals surface area contributed by atoms with Crippen molar-refractivity contribution in [2.75, 3.05) is 0 Å². The van der Waals surface area contributed by atoms with Crippen LogP contribution in [0.3, 0.4) is 0 Å². The zero-order valence-electron chi connectivity index (χ0n) is 10.8. The number of rotatable bonds is 2. The Hall–Kier alpha value is -1.17. The van der Waals surface area contributed by atoms with E-state index in [4.69, 9.17) is 11.6 Å². The molecule has 1 aliphatic rings. The maximum Gasteiger partial charge on any atom is 0.288 e. The van der Waals surface area contributed by atoms with Crippen molar-refractivity contribution in [3.05, 3.63) is 75.4 Å². The number of thioether (sulfide) groups is 1. The first-order valence-electron chi connectivity index (χ1n) is 6.24. The van der Waals surface area contributed by atoms with Crippen LogP contribution in [0.2, 0.25) is 5.02 Å². The Morgan fingerprint density at radius 3 is 2.90 bits per heavy atom. The molecular weight excluding hydrogens is 372 g/mol. The molecule has 106 valence electrons. The molecule has 0 fully saturated rings. The molecule has 1 aliphatic heterocycles. The molecule has 0 radical (unpaired) electrons. The first-order valence-corrected chi connectivity index (χ1v) is 8.23. The van der Waals surface area contributed by atoms with Gasteiger partial charge in [0.1, 0.15) is 3.66 Å². The molecule has 1 aromatic heterocycles. The lowest BCUT2D eigenvalue weighted by atomic mass is 10.1. The molecule has 1 unspecified atom stereocenters. The van der Waals surface area contributed by atoms with Crippen LogP contribution < -0.4 is 5.56 Å². The van der Waals surface area contributed by atoms with Gasteiger partial charge in [-0.1, -0.05) is 51.8 Å². The maximum atomic E-state index is 11.6. The molecule has 2 aromatic rings. The summed E-state index contributed by atoms with van der Waals surface area (Å²) in [4.78, 5) is 20.6. The van der Waals surface area contributed by atoms with Gasteiger partial charge in [0.25, 0.3) is 5.56 Å². The second-order valence-corrected chi connectivity index (χ2v) is 8.14. The van der Waals surface area contributed by atoms with Gasteiger partial charge in [-0.3, -0.25) is 9.78 Å². The number of alkyl halides is 1. The van der Waals surface area contributed by atoms with Crippen LogP contribution in [0.15, 0.2) is 53.6 Å². The molecule has 0 spiro atoms. The van der Waals surface area contributed by atoms with Gasteiger partial charge < -0.3 is 0 Å². The topological polar surface area (TPSA) is 42.9 Å². The quantitative estimate of drug-likeness (QED) is 0.731. The first-order chi connectivity index (χ1) is 10.1. The molecule has 2 heterocycles. The summed E-state index contributed by atoms with van der Waals surface area (Å²) in [5, 5.41) is 0.714. The third-order valence-electron chi connectivity index (χ3n) is 3.08. The molecule has 0 bridgehead atoms. The minimum absolute atomic E-state index is 0.347. The average Bonchev–Trinajstić information content (AvgIpc) is 2.72. The van der Waals surface area contributed by atoms with Gasteiger partial charge in [-0.15, -0.1) is 11.8 Å². The number of nitrogens with zero attached hydrogens (tertiary/aromatic N) is 2. The van der Waals surface area contributed by atoms with Gasteiger partial charge >= 0.3 is 0 Å². The molecular formula is C15H10BrClN2OS. The number of benzene rings is 1. The van der Waals surface area contributed by atoms with E-state index in [-0.39, 0.29) is 5.56 Å². The Balaban J connectivity index is 1.95. The Morgan fingerprint density at radius 2 is 2.10 bits per heavy atom. The van der Waals surface area contributed by atoms with E-state index < -0.39 is 3.66 Å². The van der Waals surface area contributed by atoms with Crippen molar-refractivity contribution in [1.29, 1.82) is 0 Å². The molecule has 0 amide bonds. The molecule has 21 heavy (non-hydrogen) atoms. The van der Waals surface area contributed by atoms with Gasteiger partial charge in [-0.05, 0) is 18.6 Å². The van der Waals surface area contributed by atoms with Crippen LogP contribution in [-0.2, 0) is 3.66 Å². The smallest absolute Gasteiger partial charge is 0.266 e. The van der Waals surface area contributed by atoms with Crippen LogP contribution in [-0.4, -0.2) is 9.97 Å². The van der Waals surface area contributed by atoms with Crippen molar-refractivity contribution in [2.24, 2.45) is 0 Å². The molecule has 0 saturated carbocycles. The van der Waals surface area contributed by atoms with Crippen LogP contribution in [0, 0.1) is 0 Å². The van der Waals surface area contributed by atoms with Gasteiger partial charge in [0.15, 0.2) is 0 Å². The molecule has 1 atom stereocenters. The first kappa shape index (κ1) is 14.8. The lowest BCUT2D eigenvalue weighted by Crippen LogP contribution is -2.14. The van der Waals surface area contributed by atoms with Gasteiger partial charge in [0.2, 0.25) is 0 Å². The largest absolute Gasteiger partial charge is 0.288 e. The van der Waals surface area contributed by atoms with Crippen LogP contribution >= 0.6 is 39.3 Å². The van der Waals surface area contributed by atoms with E-state index in [9.17, 15) is 4.79 Å². The number of allylic oxidation sites excluding steroid dienone is 1. The lowest BCUT2D eigenvalue weighted by Gasteiger charge is -2.19. The van der Waals surface area contributed by atoms with Crippen molar-refractivity contribution >= 4 is 44.2 Å². The lowest BCUT2D eigenvalue weighted by molar-refractivity contribution is 0.881. The zero-order chi connectivity index (χ0) is 14.9. The summed E-state index contributed by atoms with van der Waals surface area (Å²) in [5.41, 5.74) is 1.31. The van der Waals surface area contributed by atoms with E-state index in [0.29, 0.717) is 17.1 Å². The highest BCUT2D eigenvalue weighted by Gasteiger charge is 2.37. The molecule has 0 saturated heterocycles. The second-order valence-electron chi connectivity index (χ2n) is 4.51. The summed E-state index contributed by atoms with van der Waals surface area (Å²) in [5.74, 6) is 0. The SMILES string of the molecule is O=c1cnccc(C2(Br)CC=C(c3ccccc3Cl)S2)n1. The van der Waals surface area contributed by atoms with Crippen molar-refractivity contribution in [2.45, 2.75) is 10.1 Å². The highest BCUT2D eigenvalue weighted by atomic mass is 79.9. The van der Waals surface area contributed by atoms with Crippen molar-refractivity contribution in [3.63, 3.8) is 0 Å². The predicted octanol–water partition coefficient (Wildman–Crippen LogP) is 4.22. The molecule has 3 nitrogen and oxygen atoms in total. The monoisotopic (exact) mass is 380 g/mol. The number of aromatic nitrogens is 2. The molecule has 0 N–H and O–H groups in total. The third kappa shape index (κ3) is 3.05. The normalized spacial score (nSPS) is 21.1. The minimum atomic E-state index is -0.457. The van der Waals surface area contributed by atoms with Crippen LogP contribution in [0.25, 0.3) is 4.91 Å². The van der Waals surface area contributed by atoms with Crippen molar-refractivity contribution in [1.82, 2.24) is 9.97 Å². The standard InChI is InChI=1S/C15H10BrClN2OS/c16-15(13-6-8-18-9-14(20)19-13)7-5-12(21-15)10-3-1-2-4-11(10)17/h1-6,8-9H,7H2. The highest BCUT2D eigenvalue weighted by molar-refractivity contribution is 9.11. The molecule has 0 aliphatic carbocycles. The van der Waals surface area contributed by atoms with Crippen molar-refractivity contribution in [3.8, 4) is 0 Å².